The second-order valence-corrected chi connectivity index (χ2v) is 10.6. The van der Waals surface area contributed by atoms with Gasteiger partial charge in [0.2, 0.25) is 0 Å². The Morgan fingerprint density at radius 3 is 2.64 bits per heavy atom. The molecule has 11 heteroatoms. The number of halogens is 1. The number of nitrogens with two attached hydrogens (primary N) is 1. The molecule has 0 aliphatic carbocycles. The van der Waals surface area contributed by atoms with Crippen LogP contribution in [-0.4, -0.2) is 53.5 Å². The first-order chi connectivity index (χ1) is 19.9. The van der Waals surface area contributed by atoms with E-state index in [0.717, 1.165) is 16.6 Å². The molecule has 1 atom stereocenters. The zero-order chi connectivity index (χ0) is 30.9. The number of carbonyl (C=O) groups excluding carboxylic acids is 2. The molecule has 0 saturated carbocycles. The summed E-state index contributed by atoms with van der Waals surface area (Å²) >= 11 is 0. The van der Waals surface area contributed by atoms with E-state index >= 15 is 0 Å². The van der Waals surface area contributed by atoms with Crippen molar-refractivity contribution in [2.75, 3.05) is 20.3 Å². The Morgan fingerprint density at radius 2 is 1.98 bits per heavy atom. The van der Waals surface area contributed by atoms with Gasteiger partial charge in [-0.2, -0.15) is 0 Å². The summed E-state index contributed by atoms with van der Waals surface area (Å²) in [6.45, 7) is 9.62. The normalized spacial score (nSPS) is 12.6. The van der Waals surface area contributed by atoms with Crippen molar-refractivity contribution in [1.29, 1.82) is 5.41 Å². The molecule has 0 bridgehead atoms. The summed E-state index contributed by atoms with van der Waals surface area (Å²) in [5.74, 6) is -1.78. The molecule has 0 aliphatic heterocycles. The van der Waals surface area contributed by atoms with Gasteiger partial charge < -0.3 is 30.3 Å². The Hall–Kier alpha value is -4.22. The van der Waals surface area contributed by atoms with E-state index in [9.17, 15) is 14.0 Å². The maximum absolute atomic E-state index is 14.6. The third kappa shape index (κ3) is 9.15. The number of esters is 1. The average molecular weight is 581 g/mol. The smallest absolute Gasteiger partial charge is 0.308 e. The van der Waals surface area contributed by atoms with Crippen LogP contribution < -0.4 is 15.4 Å². The molecule has 2 heterocycles. The molecule has 0 unspecified atom stereocenters. The number of amides is 1. The van der Waals surface area contributed by atoms with Gasteiger partial charge in [-0.05, 0) is 70.5 Å². The van der Waals surface area contributed by atoms with Gasteiger partial charge in [0.1, 0.15) is 18.3 Å². The minimum Gasteiger partial charge on any atom is -0.494 e. The van der Waals surface area contributed by atoms with Gasteiger partial charge in [-0.15, -0.1) is 0 Å². The SMILES string of the molecule is CCOC(=O)C[C@H](NC(=O)/C(=C/[NH2+]Cc1cc2cccnc2nc1C)C(=N)COC(C)(C)C)c1ccc(OC)c(F)c1. The first-order valence-electron chi connectivity index (χ1n) is 13.7. The standard InChI is InChI=1S/C31H38FN5O5/c1-7-41-28(38)15-26(20-10-11-27(40-6)24(32)14-20)37-30(39)23(25(33)18-42-31(3,4)5)17-34-16-22-13-21-9-8-12-35-29(21)36-19(22)2/h8-14,17,26,33-34H,7,15-16,18H2,1-6H3,(H,37,39)/p+1/b23-17+,33-25?/t26-/m0/s1. The molecule has 0 saturated heterocycles. The molecule has 1 amide bonds. The summed E-state index contributed by atoms with van der Waals surface area (Å²) < 4.78 is 30.4. The first-order valence-corrected chi connectivity index (χ1v) is 13.7. The predicted octanol–water partition coefficient (Wildman–Crippen LogP) is 3.68. The zero-order valence-electron chi connectivity index (χ0n) is 24.9. The van der Waals surface area contributed by atoms with Gasteiger partial charge in [0.15, 0.2) is 17.2 Å². The van der Waals surface area contributed by atoms with Crippen molar-refractivity contribution in [2.24, 2.45) is 0 Å². The van der Waals surface area contributed by atoms with Crippen molar-refractivity contribution < 1.29 is 33.5 Å². The number of aromatic nitrogens is 2. The summed E-state index contributed by atoms with van der Waals surface area (Å²) in [6, 6.07) is 9.04. The fraction of sp³-hybridized carbons (Fsp3) is 0.387. The van der Waals surface area contributed by atoms with Crippen molar-refractivity contribution in [1.82, 2.24) is 15.3 Å². The highest BCUT2D eigenvalue weighted by molar-refractivity contribution is 6.20. The van der Waals surface area contributed by atoms with Gasteiger partial charge in [0.25, 0.3) is 5.91 Å². The Kier molecular flexibility index (Phi) is 11.2. The number of benzene rings is 1. The van der Waals surface area contributed by atoms with Crippen molar-refractivity contribution in [3.63, 3.8) is 0 Å². The molecule has 0 spiro atoms. The number of rotatable bonds is 13. The van der Waals surface area contributed by atoms with Crippen LogP contribution in [0.15, 0.2) is 54.4 Å². The lowest BCUT2D eigenvalue weighted by Gasteiger charge is -2.22. The highest BCUT2D eigenvalue weighted by Gasteiger charge is 2.26. The number of nitrogens with one attached hydrogen (secondary N) is 2. The van der Waals surface area contributed by atoms with Crippen molar-refractivity contribution in [2.45, 2.75) is 59.2 Å². The molecular formula is C31H39FN5O5+. The van der Waals surface area contributed by atoms with Crippen LogP contribution in [0.2, 0.25) is 0 Å². The first kappa shape index (κ1) is 32.3. The van der Waals surface area contributed by atoms with E-state index in [0.29, 0.717) is 17.8 Å². The van der Waals surface area contributed by atoms with Crippen LogP contribution in [0.25, 0.3) is 11.0 Å². The second-order valence-electron chi connectivity index (χ2n) is 10.6. The fourth-order valence-corrected chi connectivity index (χ4v) is 4.10. The predicted molar refractivity (Wildman–Crippen MR) is 157 cm³/mol. The quantitative estimate of drug-likeness (QED) is 0.159. The van der Waals surface area contributed by atoms with Crippen LogP contribution in [0.3, 0.4) is 0 Å². The van der Waals surface area contributed by atoms with Crippen LogP contribution >= 0.6 is 0 Å². The topological polar surface area (TPSA) is 140 Å². The minimum atomic E-state index is -0.920. The van der Waals surface area contributed by atoms with E-state index in [1.165, 1.54) is 19.2 Å². The lowest BCUT2D eigenvalue weighted by Crippen LogP contribution is -2.77. The Morgan fingerprint density at radius 1 is 1.21 bits per heavy atom. The van der Waals surface area contributed by atoms with Gasteiger partial charge in [-0.3, -0.25) is 9.59 Å². The molecule has 224 valence electrons. The number of fused-ring (bicyclic) bond motifs is 1. The van der Waals surface area contributed by atoms with Gasteiger partial charge in [0, 0.05) is 22.8 Å². The summed E-state index contributed by atoms with van der Waals surface area (Å²) in [4.78, 5) is 34.9. The minimum absolute atomic E-state index is 0.0329. The number of ether oxygens (including phenoxy) is 3. The largest absolute Gasteiger partial charge is 0.494 e. The van der Waals surface area contributed by atoms with Gasteiger partial charge >= 0.3 is 5.97 Å². The Labute approximate surface area is 245 Å². The molecule has 10 nitrogen and oxygen atoms in total. The number of carbonyl (C=O) groups is 2. The fourth-order valence-electron chi connectivity index (χ4n) is 4.10. The molecule has 3 rings (SSSR count). The van der Waals surface area contributed by atoms with Crippen molar-refractivity contribution >= 4 is 28.6 Å². The van der Waals surface area contributed by atoms with Gasteiger partial charge in [-0.25, -0.2) is 14.4 Å². The number of quaternary nitrogens is 1. The summed E-state index contributed by atoms with van der Waals surface area (Å²) in [7, 11) is 1.35. The molecule has 1 aromatic carbocycles. The highest BCUT2D eigenvalue weighted by atomic mass is 19.1. The molecule has 42 heavy (non-hydrogen) atoms. The van der Waals surface area contributed by atoms with Crippen LogP contribution in [0.4, 0.5) is 4.39 Å². The molecule has 2 aromatic heterocycles. The number of methoxy groups -OCH3 is 1. The van der Waals surface area contributed by atoms with Crippen molar-refractivity contribution in [3.05, 3.63) is 77.0 Å². The van der Waals surface area contributed by atoms with E-state index < -0.39 is 29.3 Å². The van der Waals surface area contributed by atoms with Gasteiger partial charge in [-0.1, -0.05) is 6.07 Å². The average Bonchev–Trinajstić information content (AvgIpc) is 2.93. The number of hydrogen-bond donors (Lipinski definition) is 3. The molecule has 4 N–H and O–H groups in total. The van der Waals surface area contributed by atoms with E-state index in [1.807, 2.05) is 45.9 Å². The number of hydrogen-bond acceptors (Lipinski definition) is 8. The summed E-state index contributed by atoms with van der Waals surface area (Å²) in [6.07, 6.45) is 3.02. The third-order valence-electron chi connectivity index (χ3n) is 6.29. The van der Waals surface area contributed by atoms with E-state index in [1.54, 1.807) is 30.7 Å². The monoisotopic (exact) mass is 580 g/mol. The van der Waals surface area contributed by atoms with Crippen LogP contribution in [-0.2, 0) is 25.6 Å². The number of aryl methyl sites for hydroxylation is 1. The lowest BCUT2D eigenvalue weighted by atomic mass is 10.0. The Bertz CT molecular complexity index is 1470. The lowest BCUT2D eigenvalue weighted by molar-refractivity contribution is -0.605. The zero-order valence-corrected chi connectivity index (χ0v) is 24.9. The molecule has 0 radical (unpaired) electrons. The van der Waals surface area contributed by atoms with E-state index in [2.05, 4.69) is 15.3 Å². The second kappa shape index (κ2) is 14.6. The molecular weight excluding hydrogens is 541 g/mol. The molecule has 0 aliphatic rings. The van der Waals surface area contributed by atoms with Crippen LogP contribution in [0.5, 0.6) is 5.75 Å². The van der Waals surface area contributed by atoms with Crippen LogP contribution in [0, 0.1) is 18.2 Å². The maximum atomic E-state index is 14.6. The van der Waals surface area contributed by atoms with Crippen LogP contribution in [0.1, 0.15) is 57.0 Å². The summed E-state index contributed by atoms with van der Waals surface area (Å²) in [5.41, 5.74) is 2.21. The third-order valence-corrected chi connectivity index (χ3v) is 6.29. The maximum Gasteiger partial charge on any atom is 0.308 e. The molecule has 0 fully saturated rings. The Balaban J connectivity index is 1.89. The number of nitrogens with zero attached hydrogens (tertiary/aromatic N) is 2. The number of pyridine rings is 2. The van der Waals surface area contributed by atoms with Crippen molar-refractivity contribution in [3.8, 4) is 5.75 Å². The highest BCUT2D eigenvalue weighted by Crippen LogP contribution is 2.25. The van der Waals surface area contributed by atoms with Gasteiger partial charge in [0.05, 0.1) is 44.1 Å². The summed E-state index contributed by atoms with van der Waals surface area (Å²) in [5, 5.41) is 14.1. The van der Waals surface area contributed by atoms with E-state index in [-0.39, 0.29) is 36.7 Å². The molecule has 3 aromatic rings. The van der Waals surface area contributed by atoms with E-state index in [4.69, 9.17) is 19.6 Å².